The van der Waals surface area contributed by atoms with Crippen LogP contribution in [0.3, 0.4) is 0 Å². The third-order valence-electron chi connectivity index (χ3n) is 1.97. The van der Waals surface area contributed by atoms with Crippen molar-refractivity contribution in [3.8, 4) is 0 Å². The van der Waals surface area contributed by atoms with Crippen molar-refractivity contribution in [3.63, 3.8) is 0 Å². The van der Waals surface area contributed by atoms with Crippen molar-refractivity contribution in [3.05, 3.63) is 0 Å². The fraction of sp³-hybridized carbons (Fsp3) is 0.900. The maximum atomic E-state index is 11.5. The minimum atomic E-state index is -3.15. The Hall–Kier alpha value is -0.620. The predicted octanol–water partition coefficient (Wildman–Crippen LogP) is 0.0532. The van der Waals surface area contributed by atoms with Crippen molar-refractivity contribution < 1.29 is 13.2 Å². The molecule has 1 amide bonds. The van der Waals surface area contributed by atoms with Crippen LogP contribution >= 0.6 is 0 Å². The van der Waals surface area contributed by atoms with Crippen LogP contribution in [-0.2, 0) is 14.6 Å². The lowest BCUT2D eigenvalue weighted by Crippen LogP contribution is -2.32. The molecule has 0 aromatic carbocycles. The van der Waals surface area contributed by atoms with Crippen molar-refractivity contribution in [2.45, 2.75) is 45.7 Å². The molecule has 0 spiro atoms. The summed E-state index contributed by atoms with van der Waals surface area (Å²) in [7, 11) is -3.15. The van der Waals surface area contributed by atoms with E-state index in [-0.39, 0.29) is 35.9 Å². The van der Waals surface area contributed by atoms with E-state index < -0.39 is 9.84 Å². The Bertz CT molecular complexity index is 310. The van der Waals surface area contributed by atoms with Crippen LogP contribution in [-0.4, -0.2) is 37.9 Å². The van der Waals surface area contributed by atoms with Gasteiger partial charge in [0.2, 0.25) is 5.91 Å². The Kier molecular flexibility index (Phi) is 6.59. The Balaban J connectivity index is 3.95. The molecular weight excluding hydrogens is 228 g/mol. The van der Waals surface area contributed by atoms with Crippen LogP contribution in [0.15, 0.2) is 0 Å². The number of carbonyl (C=O) groups is 1. The van der Waals surface area contributed by atoms with Gasteiger partial charge in [0.25, 0.3) is 0 Å². The zero-order valence-electron chi connectivity index (χ0n) is 10.2. The molecule has 0 aromatic heterocycles. The van der Waals surface area contributed by atoms with E-state index in [4.69, 9.17) is 5.73 Å². The minimum Gasteiger partial charge on any atom is -0.354 e. The quantitative estimate of drug-likeness (QED) is 0.668. The summed E-state index contributed by atoms with van der Waals surface area (Å²) in [6, 6.07) is -0.0847. The third-order valence-corrected chi connectivity index (χ3v) is 3.66. The second kappa shape index (κ2) is 6.85. The first-order chi connectivity index (χ1) is 7.23. The normalized spacial score (nSPS) is 13.8. The van der Waals surface area contributed by atoms with Crippen molar-refractivity contribution >= 4 is 15.7 Å². The summed E-state index contributed by atoms with van der Waals surface area (Å²) in [6.45, 7) is 5.44. The van der Waals surface area contributed by atoms with Crippen LogP contribution in [0.1, 0.15) is 33.6 Å². The van der Waals surface area contributed by atoms with Crippen LogP contribution in [0.4, 0.5) is 0 Å². The second-order valence-electron chi connectivity index (χ2n) is 4.39. The maximum Gasteiger partial charge on any atom is 0.221 e. The van der Waals surface area contributed by atoms with Gasteiger partial charge in [0, 0.05) is 18.5 Å². The van der Waals surface area contributed by atoms with E-state index in [1.807, 2.05) is 13.8 Å². The van der Waals surface area contributed by atoms with Crippen LogP contribution in [0.25, 0.3) is 0 Å². The van der Waals surface area contributed by atoms with Gasteiger partial charge in [0.05, 0.1) is 11.5 Å². The minimum absolute atomic E-state index is 0.0272. The summed E-state index contributed by atoms with van der Waals surface area (Å²) in [5, 5.41) is 2.65. The molecule has 0 aliphatic carbocycles. The Morgan fingerprint density at radius 3 is 2.25 bits per heavy atom. The number of amides is 1. The zero-order valence-corrected chi connectivity index (χ0v) is 11.0. The Morgan fingerprint density at radius 1 is 1.25 bits per heavy atom. The number of sulfone groups is 1. The molecule has 0 aliphatic rings. The predicted molar refractivity (Wildman–Crippen MR) is 64.8 cm³/mol. The second-order valence-corrected chi connectivity index (χ2v) is 6.69. The molecule has 96 valence electrons. The largest absolute Gasteiger partial charge is 0.354 e. The first-order valence-electron chi connectivity index (χ1n) is 5.48. The molecule has 1 atom stereocenters. The van der Waals surface area contributed by atoms with E-state index in [0.29, 0.717) is 6.42 Å². The van der Waals surface area contributed by atoms with Crippen LogP contribution in [0.5, 0.6) is 0 Å². The molecule has 0 aliphatic heterocycles. The molecule has 5 nitrogen and oxygen atoms in total. The van der Waals surface area contributed by atoms with Crippen molar-refractivity contribution in [2.24, 2.45) is 5.73 Å². The number of carbonyl (C=O) groups excluding carboxylic acids is 1. The number of nitrogens with two attached hydrogens (primary N) is 1. The van der Waals surface area contributed by atoms with Crippen LogP contribution < -0.4 is 11.1 Å². The molecule has 6 heteroatoms. The van der Waals surface area contributed by atoms with E-state index in [9.17, 15) is 13.2 Å². The third kappa shape index (κ3) is 8.67. The molecule has 1 unspecified atom stereocenters. The summed E-state index contributed by atoms with van der Waals surface area (Å²) < 4.78 is 23.0. The molecule has 0 rings (SSSR count). The lowest BCUT2D eigenvalue weighted by atomic mass is 10.3. The van der Waals surface area contributed by atoms with Gasteiger partial charge in [-0.05, 0) is 27.2 Å². The van der Waals surface area contributed by atoms with E-state index in [0.717, 1.165) is 0 Å². The summed E-state index contributed by atoms with van der Waals surface area (Å²) in [6.07, 6.45) is 0.466. The lowest BCUT2D eigenvalue weighted by molar-refractivity contribution is -0.121. The molecule has 16 heavy (non-hydrogen) atoms. The first-order valence-corrected chi connectivity index (χ1v) is 7.30. The average Bonchev–Trinajstić information content (AvgIpc) is 2.11. The van der Waals surface area contributed by atoms with Gasteiger partial charge in [-0.2, -0.15) is 0 Å². The van der Waals surface area contributed by atoms with Gasteiger partial charge < -0.3 is 11.1 Å². The molecule has 3 N–H and O–H groups in total. The summed E-state index contributed by atoms with van der Waals surface area (Å²) in [5.41, 5.74) is 5.48. The highest BCUT2D eigenvalue weighted by molar-refractivity contribution is 7.91. The summed E-state index contributed by atoms with van der Waals surface area (Å²) in [5.74, 6) is -0.267. The van der Waals surface area contributed by atoms with Crippen molar-refractivity contribution in [1.82, 2.24) is 5.32 Å². The standard InChI is InChI=1S/C10H22N2O3S/c1-8(2)12-10(13)5-7-16(14,15)6-4-9(3)11/h8-9H,4-7,11H2,1-3H3,(H,12,13). The van der Waals surface area contributed by atoms with Crippen LogP contribution in [0, 0.1) is 0 Å². The monoisotopic (exact) mass is 250 g/mol. The highest BCUT2D eigenvalue weighted by atomic mass is 32.2. The zero-order chi connectivity index (χ0) is 12.8. The molecule has 0 aromatic rings. The number of hydrogen-bond acceptors (Lipinski definition) is 4. The molecular formula is C10H22N2O3S. The molecule has 0 fully saturated rings. The molecule has 0 saturated carbocycles. The molecule has 0 saturated heterocycles. The van der Waals surface area contributed by atoms with Crippen molar-refractivity contribution in [2.75, 3.05) is 11.5 Å². The SMILES string of the molecule is CC(N)CCS(=O)(=O)CCC(=O)NC(C)C. The first kappa shape index (κ1) is 15.4. The van der Waals surface area contributed by atoms with E-state index in [1.165, 1.54) is 0 Å². The van der Waals surface area contributed by atoms with E-state index >= 15 is 0 Å². The highest BCUT2D eigenvalue weighted by Gasteiger charge is 2.14. The van der Waals surface area contributed by atoms with Gasteiger partial charge in [0.1, 0.15) is 0 Å². The number of hydrogen-bond donors (Lipinski definition) is 2. The smallest absolute Gasteiger partial charge is 0.221 e. The topological polar surface area (TPSA) is 89.3 Å². The van der Waals surface area contributed by atoms with Crippen LogP contribution in [0.2, 0.25) is 0 Å². The Labute approximate surface area is 97.7 Å². The molecule has 0 bridgehead atoms. The fourth-order valence-corrected chi connectivity index (χ4v) is 2.54. The fourth-order valence-electron chi connectivity index (χ4n) is 1.11. The number of nitrogens with one attached hydrogen (secondary N) is 1. The molecule has 0 heterocycles. The van der Waals surface area contributed by atoms with Gasteiger partial charge in [0.15, 0.2) is 9.84 Å². The van der Waals surface area contributed by atoms with E-state index in [1.54, 1.807) is 6.92 Å². The summed E-state index contributed by atoms with van der Waals surface area (Å²) >= 11 is 0. The van der Waals surface area contributed by atoms with Crippen molar-refractivity contribution in [1.29, 1.82) is 0 Å². The van der Waals surface area contributed by atoms with Gasteiger partial charge in [-0.3, -0.25) is 4.79 Å². The summed E-state index contributed by atoms with van der Waals surface area (Å²) in [4.78, 5) is 11.2. The maximum absolute atomic E-state index is 11.5. The van der Waals surface area contributed by atoms with E-state index in [2.05, 4.69) is 5.32 Å². The number of rotatable bonds is 7. The highest BCUT2D eigenvalue weighted by Crippen LogP contribution is 1.99. The lowest BCUT2D eigenvalue weighted by Gasteiger charge is -2.09. The molecule has 0 radical (unpaired) electrons. The van der Waals surface area contributed by atoms with Gasteiger partial charge in [-0.25, -0.2) is 8.42 Å². The van der Waals surface area contributed by atoms with Gasteiger partial charge >= 0.3 is 0 Å². The Morgan fingerprint density at radius 2 is 1.81 bits per heavy atom. The van der Waals surface area contributed by atoms with Gasteiger partial charge in [-0.15, -0.1) is 0 Å². The average molecular weight is 250 g/mol. The van der Waals surface area contributed by atoms with Gasteiger partial charge in [-0.1, -0.05) is 0 Å².